The van der Waals surface area contributed by atoms with E-state index in [4.69, 9.17) is 16.6 Å². The first-order chi connectivity index (χ1) is 15.6. The normalized spacial score (nSPS) is 14.1. The summed E-state index contributed by atoms with van der Waals surface area (Å²) in [4.78, 5) is 20.7. The molecule has 2 aromatic rings. The van der Waals surface area contributed by atoms with Crippen molar-refractivity contribution in [3.8, 4) is 0 Å². The fourth-order valence-electron chi connectivity index (χ4n) is 3.33. The number of amides is 1. The number of carbonyl (C=O) groups is 1. The van der Waals surface area contributed by atoms with Gasteiger partial charge in [-0.2, -0.15) is 13.2 Å². The maximum Gasteiger partial charge on any atom is 0.433 e. The molecule has 0 bridgehead atoms. The summed E-state index contributed by atoms with van der Waals surface area (Å²) in [5.41, 5.74) is -0.410. The summed E-state index contributed by atoms with van der Waals surface area (Å²) in [7, 11) is 1.87. The van der Waals surface area contributed by atoms with Gasteiger partial charge in [0, 0.05) is 19.2 Å². The largest absolute Gasteiger partial charge is 0.433 e. The first kappa shape index (κ1) is 24.3. The SMILES string of the molecule is C=C/C=C(Cl)\C(=C/CNC(=O)c1ccc(C(F)(F)F)nc1C)c1nc2c(n1C)=CC=CCC=2. The van der Waals surface area contributed by atoms with Crippen LogP contribution in [-0.4, -0.2) is 27.0 Å². The molecular weight excluding hydrogens is 453 g/mol. The van der Waals surface area contributed by atoms with Crippen LogP contribution in [0.1, 0.15) is 34.0 Å². The molecular formula is C24H22ClF3N4O. The van der Waals surface area contributed by atoms with Crippen LogP contribution in [-0.2, 0) is 13.2 Å². The highest BCUT2D eigenvalue weighted by Gasteiger charge is 2.33. The third-order valence-electron chi connectivity index (χ3n) is 4.96. The smallest absolute Gasteiger partial charge is 0.348 e. The van der Waals surface area contributed by atoms with Gasteiger partial charge in [-0.3, -0.25) is 4.79 Å². The molecule has 0 spiro atoms. The monoisotopic (exact) mass is 474 g/mol. The van der Waals surface area contributed by atoms with E-state index in [-0.39, 0.29) is 17.8 Å². The molecule has 3 rings (SSSR count). The van der Waals surface area contributed by atoms with Crippen LogP contribution in [0.2, 0.25) is 0 Å². The Balaban J connectivity index is 1.89. The molecule has 1 aliphatic rings. The topological polar surface area (TPSA) is 59.8 Å². The Hall–Kier alpha value is -3.39. The maximum absolute atomic E-state index is 12.8. The van der Waals surface area contributed by atoms with E-state index in [0.717, 1.165) is 29.3 Å². The van der Waals surface area contributed by atoms with Gasteiger partial charge in [0.25, 0.3) is 5.91 Å². The fraction of sp³-hybridized carbons (Fsp3) is 0.208. The number of aromatic nitrogens is 3. The Morgan fingerprint density at radius 1 is 1.33 bits per heavy atom. The quantitative estimate of drug-likeness (QED) is 0.648. The molecule has 2 heterocycles. The summed E-state index contributed by atoms with van der Waals surface area (Å²) in [6, 6.07) is 1.90. The maximum atomic E-state index is 12.8. The van der Waals surface area contributed by atoms with Crippen LogP contribution in [0.4, 0.5) is 13.2 Å². The van der Waals surface area contributed by atoms with E-state index < -0.39 is 17.8 Å². The number of halogens is 4. The molecule has 0 fully saturated rings. The van der Waals surface area contributed by atoms with Crippen LogP contribution in [0.25, 0.3) is 17.7 Å². The van der Waals surface area contributed by atoms with Gasteiger partial charge in [-0.25, -0.2) is 9.97 Å². The van der Waals surface area contributed by atoms with Crippen LogP contribution in [0.5, 0.6) is 0 Å². The van der Waals surface area contributed by atoms with Gasteiger partial charge in [0.15, 0.2) is 0 Å². The van der Waals surface area contributed by atoms with Crippen LogP contribution >= 0.6 is 11.6 Å². The molecule has 1 amide bonds. The fourth-order valence-corrected chi connectivity index (χ4v) is 3.58. The summed E-state index contributed by atoms with van der Waals surface area (Å²) in [6.45, 7) is 5.09. The Labute approximate surface area is 194 Å². The molecule has 172 valence electrons. The minimum absolute atomic E-state index is 0.0110. The second-order valence-electron chi connectivity index (χ2n) is 7.20. The highest BCUT2D eigenvalue weighted by Crippen LogP contribution is 2.28. The highest BCUT2D eigenvalue weighted by molar-refractivity contribution is 6.36. The Kier molecular flexibility index (Phi) is 7.38. The molecule has 0 saturated heterocycles. The van der Waals surface area contributed by atoms with Crippen molar-refractivity contribution >= 4 is 35.2 Å². The number of hydrogen-bond acceptors (Lipinski definition) is 3. The molecule has 0 saturated carbocycles. The first-order valence-electron chi connectivity index (χ1n) is 10.1. The van der Waals surface area contributed by atoms with Gasteiger partial charge in [-0.05, 0) is 37.6 Å². The van der Waals surface area contributed by atoms with Gasteiger partial charge in [0.2, 0.25) is 0 Å². The molecule has 2 aromatic heterocycles. The number of allylic oxidation sites excluding steroid dienone is 6. The number of imidazole rings is 1. The number of nitrogens with one attached hydrogen (secondary N) is 1. The number of rotatable bonds is 6. The van der Waals surface area contributed by atoms with Crippen molar-refractivity contribution in [2.24, 2.45) is 7.05 Å². The van der Waals surface area contributed by atoms with Crippen LogP contribution < -0.4 is 16.0 Å². The lowest BCUT2D eigenvalue weighted by Gasteiger charge is -2.11. The molecule has 0 aliphatic heterocycles. The van der Waals surface area contributed by atoms with Crippen LogP contribution in [0.3, 0.4) is 0 Å². The Bertz CT molecular complexity index is 1300. The second-order valence-corrected chi connectivity index (χ2v) is 7.61. The van der Waals surface area contributed by atoms with Crippen molar-refractivity contribution in [3.05, 3.63) is 87.6 Å². The van der Waals surface area contributed by atoms with E-state index in [1.165, 1.54) is 6.92 Å². The average Bonchev–Trinajstić information content (AvgIpc) is 2.91. The lowest BCUT2D eigenvalue weighted by molar-refractivity contribution is -0.141. The van der Waals surface area contributed by atoms with Gasteiger partial charge < -0.3 is 9.88 Å². The molecule has 5 nitrogen and oxygen atoms in total. The third-order valence-corrected chi connectivity index (χ3v) is 5.29. The minimum Gasteiger partial charge on any atom is -0.348 e. The van der Waals surface area contributed by atoms with E-state index in [0.29, 0.717) is 16.4 Å². The predicted octanol–water partition coefficient (Wildman–Crippen LogP) is 3.79. The molecule has 1 N–H and O–H groups in total. The molecule has 1 aliphatic carbocycles. The third kappa shape index (κ3) is 5.51. The van der Waals surface area contributed by atoms with Gasteiger partial charge >= 0.3 is 6.18 Å². The molecule has 33 heavy (non-hydrogen) atoms. The average molecular weight is 475 g/mol. The number of nitrogens with zero attached hydrogens (tertiary/aromatic N) is 3. The predicted molar refractivity (Wildman–Crippen MR) is 124 cm³/mol. The zero-order valence-electron chi connectivity index (χ0n) is 18.1. The zero-order valence-corrected chi connectivity index (χ0v) is 18.8. The number of alkyl halides is 3. The summed E-state index contributed by atoms with van der Waals surface area (Å²) in [6.07, 6.45) is 8.99. The molecule has 0 radical (unpaired) electrons. The van der Waals surface area contributed by atoms with Crippen molar-refractivity contribution in [3.63, 3.8) is 0 Å². The van der Waals surface area contributed by atoms with Gasteiger partial charge in [-0.1, -0.05) is 48.6 Å². The van der Waals surface area contributed by atoms with Gasteiger partial charge in [0.1, 0.15) is 11.5 Å². The summed E-state index contributed by atoms with van der Waals surface area (Å²) >= 11 is 6.47. The Morgan fingerprint density at radius 3 is 2.76 bits per heavy atom. The molecule has 9 heteroatoms. The summed E-state index contributed by atoms with van der Waals surface area (Å²) in [5.74, 6) is 0.0584. The number of hydrogen-bond donors (Lipinski definition) is 1. The van der Waals surface area contributed by atoms with Crippen molar-refractivity contribution in [1.82, 2.24) is 19.9 Å². The van der Waals surface area contributed by atoms with E-state index in [1.807, 2.05) is 35.9 Å². The highest BCUT2D eigenvalue weighted by atomic mass is 35.5. The van der Waals surface area contributed by atoms with Crippen molar-refractivity contribution in [2.45, 2.75) is 19.5 Å². The zero-order chi connectivity index (χ0) is 24.2. The lowest BCUT2D eigenvalue weighted by Crippen LogP contribution is -2.28. The second kappa shape index (κ2) is 10.0. The lowest BCUT2D eigenvalue weighted by atomic mass is 10.1. The number of pyridine rings is 1. The van der Waals surface area contributed by atoms with Crippen molar-refractivity contribution < 1.29 is 18.0 Å². The number of carbonyl (C=O) groups excluding carboxylic acids is 1. The Morgan fingerprint density at radius 2 is 2.09 bits per heavy atom. The standard InChI is InChI=1S/C24H22ClF3N4O/c1-4-8-18(25)17(22-31-19-9-6-5-7-10-20(19)32(22)3)13-14-29-23(33)16-11-12-21(24(26,27)28)30-15(16)2/h4-5,7-13H,1,6,14H2,2-3H3,(H,29,33)/b17-13+,18-8+. The van der Waals surface area contributed by atoms with E-state index in [1.54, 1.807) is 18.2 Å². The number of aryl methyl sites for hydroxylation is 1. The number of fused-ring (bicyclic) bond motifs is 1. The van der Waals surface area contributed by atoms with Crippen LogP contribution in [0, 0.1) is 6.92 Å². The first-order valence-corrected chi connectivity index (χ1v) is 10.4. The molecule has 0 aromatic carbocycles. The summed E-state index contributed by atoms with van der Waals surface area (Å²) < 4.78 is 40.4. The minimum atomic E-state index is -4.57. The van der Waals surface area contributed by atoms with Gasteiger partial charge in [0.05, 0.1) is 27.0 Å². The molecule has 0 atom stereocenters. The van der Waals surface area contributed by atoms with Crippen LogP contribution in [0.15, 0.2) is 54.1 Å². The summed E-state index contributed by atoms with van der Waals surface area (Å²) in [5, 5.41) is 4.80. The van der Waals surface area contributed by atoms with Crippen molar-refractivity contribution in [2.75, 3.05) is 6.54 Å². The van der Waals surface area contributed by atoms with Gasteiger partial charge in [-0.15, -0.1) is 0 Å². The van der Waals surface area contributed by atoms with E-state index in [9.17, 15) is 18.0 Å². The van der Waals surface area contributed by atoms with E-state index >= 15 is 0 Å². The van der Waals surface area contributed by atoms with Crippen molar-refractivity contribution in [1.29, 1.82) is 0 Å². The van der Waals surface area contributed by atoms with E-state index in [2.05, 4.69) is 16.9 Å². The molecule has 0 unspecified atom stereocenters.